The van der Waals surface area contributed by atoms with Crippen LogP contribution in [-0.4, -0.2) is 5.25 Å². The monoisotopic (exact) mass is 241 g/mol. The van der Waals surface area contributed by atoms with Gasteiger partial charge in [0.05, 0.1) is 0 Å². The van der Waals surface area contributed by atoms with Gasteiger partial charge < -0.3 is 5.73 Å². The first-order valence-corrected chi connectivity index (χ1v) is 6.78. The van der Waals surface area contributed by atoms with Crippen molar-refractivity contribution in [1.82, 2.24) is 0 Å². The number of hydrogen-bond acceptors (Lipinski definition) is 2. The topological polar surface area (TPSA) is 26.0 Å². The molecule has 0 aliphatic heterocycles. The molecule has 2 atom stereocenters. The molecule has 0 radical (unpaired) electrons. The highest BCUT2D eigenvalue weighted by Crippen LogP contribution is 2.51. The third kappa shape index (κ3) is 2.47. The average molecular weight is 241 g/mol. The minimum Gasteiger partial charge on any atom is -0.399 e. The Morgan fingerprint density at radius 2 is 1.65 bits per heavy atom. The maximum Gasteiger partial charge on any atom is 0.0314 e. The summed E-state index contributed by atoms with van der Waals surface area (Å²) in [5.74, 6) is 0.735. The van der Waals surface area contributed by atoms with E-state index in [0.29, 0.717) is 0 Å². The molecule has 0 saturated heterocycles. The van der Waals surface area contributed by atoms with Crippen LogP contribution in [0.15, 0.2) is 59.5 Å². The van der Waals surface area contributed by atoms with Gasteiger partial charge in [0.15, 0.2) is 0 Å². The molecule has 2 heteroatoms. The Kier molecular flexibility index (Phi) is 2.81. The number of hydrogen-bond donors (Lipinski definition) is 1. The van der Waals surface area contributed by atoms with Gasteiger partial charge in [-0.2, -0.15) is 0 Å². The number of anilines is 1. The second-order valence-corrected chi connectivity index (χ2v) is 5.79. The zero-order valence-corrected chi connectivity index (χ0v) is 10.4. The molecule has 0 bridgehead atoms. The van der Waals surface area contributed by atoms with Crippen LogP contribution in [0.4, 0.5) is 5.69 Å². The summed E-state index contributed by atoms with van der Waals surface area (Å²) in [4.78, 5) is 1.32. The van der Waals surface area contributed by atoms with Crippen LogP contribution < -0.4 is 5.73 Å². The summed E-state index contributed by atoms with van der Waals surface area (Å²) in [7, 11) is 0. The van der Waals surface area contributed by atoms with E-state index in [1.165, 1.54) is 16.9 Å². The van der Waals surface area contributed by atoms with Crippen LogP contribution in [0.1, 0.15) is 17.9 Å². The van der Waals surface area contributed by atoms with Crippen molar-refractivity contribution in [3.8, 4) is 0 Å². The zero-order valence-electron chi connectivity index (χ0n) is 9.54. The molecule has 1 fully saturated rings. The van der Waals surface area contributed by atoms with Gasteiger partial charge >= 0.3 is 0 Å². The van der Waals surface area contributed by atoms with Crippen molar-refractivity contribution in [2.75, 3.05) is 5.73 Å². The van der Waals surface area contributed by atoms with Crippen LogP contribution in [0.3, 0.4) is 0 Å². The van der Waals surface area contributed by atoms with Gasteiger partial charge in [0.1, 0.15) is 0 Å². The number of thioether (sulfide) groups is 1. The van der Waals surface area contributed by atoms with Crippen LogP contribution in [0.2, 0.25) is 0 Å². The van der Waals surface area contributed by atoms with Crippen LogP contribution in [0.25, 0.3) is 0 Å². The third-order valence-electron chi connectivity index (χ3n) is 3.13. The smallest absolute Gasteiger partial charge is 0.0314 e. The maximum absolute atomic E-state index is 5.68. The lowest BCUT2D eigenvalue weighted by Gasteiger charge is -2.02. The van der Waals surface area contributed by atoms with Crippen LogP contribution in [0, 0.1) is 0 Å². The molecule has 0 aromatic heterocycles. The summed E-state index contributed by atoms with van der Waals surface area (Å²) in [5, 5.41) is 0.737. The van der Waals surface area contributed by atoms with E-state index in [1.807, 2.05) is 23.9 Å². The first-order chi connectivity index (χ1) is 8.33. The molecule has 17 heavy (non-hydrogen) atoms. The predicted molar refractivity (Wildman–Crippen MR) is 74.3 cm³/mol. The van der Waals surface area contributed by atoms with E-state index >= 15 is 0 Å². The summed E-state index contributed by atoms with van der Waals surface area (Å²) in [6.07, 6.45) is 1.29. The molecular weight excluding hydrogens is 226 g/mol. The average Bonchev–Trinajstić information content (AvgIpc) is 3.13. The normalized spacial score (nSPS) is 22.4. The van der Waals surface area contributed by atoms with E-state index in [9.17, 15) is 0 Å². The van der Waals surface area contributed by atoms with Crippen molar-refractivity contribution < 1.29 is 0 Å². The Labute approximate surface area is 106 Å². The number of rotatable bonds is 3. The van der Waals surface area contributed by atoms with E-state index in [2.05, 4.69) is 42.5 Å². The van der Waals surface area contributed by atoms with E-state index in [-0.39, 0.29) is 0 Å². The van der Waals surface area contributed by atoms with Crippen molar-refractivity contribution >= 4 is 17.4 Å². The molecule has 3 rings (SSSR count). The molecule has 0 spiro atoms. The fraction of sp³-hybridized carbons (Fsp3) is 0.200. The highest BCUT2D eigenvalue weighted by molar-refractivity contribution is 8.00. The van der Waals surface area contributed by atoms with E-state index in [1.54, 1.807) is 0 Å². The summed E-state index contributed by atoms with van der Waals surface area (Å²) in [6.45, 7) is 0. The second-order valence-electron chi connectivity index (χ2n) is 4.48. The molecule has 2 unspecified atom stereocenters. The largest absolute Gasteiger partial charge is 0.399 e. The summed E-state index contributed by atoms with van der Waals surface area (Å²) < 4.78 is 0. The lowest BCUT2D eigenvalue weighted by atomic mass is 10.1. The van der Waals surface area contributed by atoms with Gasteiger partial charge in [-0.25, -0.2) is 0 Å². The Bertz CT molecular complexity index is 492. The number of nitrogen functional groups attached to an aromatic ring is 1. The molecule has 2 N–H and O–H groups in total. The number of benzene rings is 2. The van der Waals surface area contributed by atoms with Gasteiger partial charge in [-0.05, 0) is 42.2 Å². The fourth-order valence-electron chi connectivity index (χ4n) is 2.07. The minimum atomic E-state index is 0.735. The summed E-state index contributed by atoms with van der Waals surface area (Å²) in [6, 6.07) is 19.0. The van der Waals surface area contributed by atoms with Crippen LogP contribution in [0.5, 0.6) is 0 Å². The van der Waals surface area contributed by atoms with Crippen molar-refractivity contribution in [3.05, 3.63) is 60.2 Å². The second kappa shape index (κ2) is 4.46. The lowest BCUT2D eigenvalue weighted by Crippen LogP contribution is -1.85. The highest BCUT2D eigenvalue weighted by Gasteiger charge is 2.38. The molecule has 2 aromatic rings. The van der Waals surface area contributed by atoms with Gasteiger partial charge in [0, 0.05) is 15.8 Å². The van der Waals surface area contributed by atoms with Crippen LogP contribution >= 0.6 is 11.8 Å². The SMILES string of the molecule is Nc1ccc(SC2CC2c2ccccc2)cc1. The Balaban J connectivity index is 1.64. The highest BCUT2D eigenvalue weighted by atomic mass is 32.2. The van der Waals surface area contributed by atoms with Crippen LogP contribution in [-0.2, 0) is 0 Å². The standard InChI is InChI=1S/C15H15NS/c16-12-6-8-13(9-7-12)17-15-10-14(15)11-4-2-1-3-5-11/h1-9,14-15H,10,16H2. The Hall–Kier alpha value is -1.41. The van der Waals surface area contributed by atoms with E-state index < -0.39 is 0 Å². The lowest BCUT2D eigenvalue weighted by molar-refractivity contribution is 1.13. The minimum absolute atomic E-state index is 0.735. The molecule has 1 nitrogen and oxygen atoms in total. The van der Waals surface area contributed by atoms with Gasteiger partial charge in [0.2, 0.25) is 0 Å². The molecular formula is C15H15NS. The van der Waals surface area contributed by atoms with Gasteiger partial charge in [-0.3, -0.25) is 0 Å². The molecule has 0 amide bonds. The molecule has 1 saturated carbocycles. The maximum atomic E-state index is 5.68. The quantitative estimate of drug-likeness (QED) is 0.824. The van der Waals surface area contributed by atoms with Crippen molar-refractivity contribution in [3.63, 3.8) is 0 Å². The molecule has 1 aliphatic carbocycles. The van der Waals surface area contributed by atoms with Crippen molar-refractivity contribution in [2.24, 2.45) is 0 Å². The first-order valence-electron chi connectivity index (χ1n) is 5.90. The molecule has 0 heterocycles. The number of nitrogens with two attached hydrogens (primary N) is 1. The van der Waals surface area contributed by atoms with Crippen molar-refractivity contribution in [2.45, 2.75) is 22.5 Å². The first kappa shape index (κ1) is 10.7. The summed E-state index contributed by atoms with van der Waals surface area (Å²) >= 11 is 1.97. The van der Waals surface area contributed by atoms with Crippen molar-refractivity contribution in [1.29, 1.82) is 0 Å². The fourth-order valence-corrected chi connectivity index (χ4v) is 3.34. The van der Waals surface area contributed by atoms with E-state index in [4.69, 9.17) is 5.73 Å². The van der Waals surface area contributed by atoms with Gasteiger partial charge in [-0.1, -0.05) is 30.3 Å². The van der Waals surface area contributed by atoms with E-state index in [0.717, 1.165) is 16.9 Å². The third-order valence-corrected chi connectivity index (χ3v) is 4.50. The Morgan fingerprint density at radius 3 is 2.35 bits per heavy atom. The molecule has 2 aromatic carbocycles. The van der Waals surface area contributed by atoms with Gasteiger partial charge in [-0.15, -0.1) is 11.8 Å². The zero-order chi connectivity index (χ0) is 11.7. The predicted octanol–water partition coefficient (Wildman–Crippen LogP) is 3.92. The van der Waals surface area contributed by atoms with Gasteiger partial charge in [0.25, 0.3) is 0 Å². The molecule has 86 valence electrons. The summed E-state index contributed by atoms with van der Waals surface area (Å²) in [5.41, 5.74) is 7.99. The Morgan fingerprint density at radius 1 is 0.941 bits per heavy atom. The molecule has 1 aliphatic rings.